The summed E-state index contributed by atoms with van der Waals surface area (Å²) in [5, 5.41) is 0. The van der Waals surface area contributed by atoms with Gasteiger partial charge in [0.15, 0.2) is 0 Å². The topological polar surface area (TPSA) is 22.0 Å². The van der Waals surface area contributed by atoms with E-state index in [2.05, 4.69) is 50.1 Å². The van der Waals surface area contributed by atoms with Crippen molar-refractivity contribution in [1.29, 1.82) is 0 Å². The standard InChI is InChI=1S/C24H17Br2NO/c1-16(28)27-23(18-5-3-2-4-6-18)15-22(17-7-11-20(25)12-8-17)24(27)19-9-13-21(26)14-10-19/h2-15H,1H3. The Bertz CT molecular complexity index is 1130. The van der Waals surface area contributed by atoms with Crippen LogP contribution in [0.2, 0.25) is 0 Å². The van der Waals surface area contributed by atoms with Crippen LogP contribution in [0.4, 0.5) is 0 Å². The highest BCUT2D eigenvalue weighted by Gasteiger charge is 2.21. The first-order valence-corrected chi connectivity index (χ1v) is 10.5. The van der Waals surface area contributed by atoms with E-state index >= 15 is 0 Å². The molecule has 0 unspecified atom stereocenters. The van der Waals surface area contributed by atoms with Crippen molar-refractivity contribution in [2.24, 2.45) is 0 Å². The minimum atomic E-state index is -0.0138. The molecule has 0 atom stereocenters. The second-order valence-electron chi connectivity index (χ2n) is 6.53. The molecule has 0 fully saturated rings. The van der Waals surface area contributed by atoms with Crippen molar-refractivity contribution < 1.29 is 4.79 Å². The van der Waals surface area contributed by atoms with Gasteiger partial charge in [0.2, 0.25) is 5.91 Å². The van der Waals surface area contributed by atoms with Gasteiger partial charge in [0, 0.05) is 21.4 Å². The maximum atomic E-state index is 12.7. The third kappa shape index (κ3) is 3.62. The summed E-state index contributed by atoms with van der Waals surface area (Å²) >= 11 is 7.00. The summed E-state index contributed by atoms with van der Waals surface area (Å²) in [7, 11) is 0. The number of carbonyl (C=O) groups is 1. The smallest absolute Gasteiger partial charge is 0.228 e. The first-order chi connectivity index (χ1) is 13.5. The highest BCUT2D eigenvalue weighted by molar-refractivity contribution is 9.10. The third-order valence-electron chi connectivity index (χ3n) is 4.66. The minimum Gasteiger partial charge on any atom is -0.279 e. The van der Waals surface area contributed by atoms with Crippen LogP contribution < -0.4 is 0 Å². The highest BCUT2D eigenvalue weighted by atomic mass is 79.9. The van der Waals surface area contributed by atoms with Crippen molar-refractivity contribution >= 4 is 37.8 Å². The molecule has 4 heteroatoms. The SMILES string of the molecule is CC(=O)n1c(-c2ccccc2)cc(-c2ccc(Br)cc2)c1-c1ccc(Br)cc1. The number of hydrogen-bond donors (Lipinski definition) is 0. The lowest BCUT2D eigenvalue weighted by Crippen LogP contribution is -2.09. The second kappa shape index (κ2) is 7.90. The van der Waals surface area contributed by atoms with Gasteiger partial charge in [-0.3, -0.25) is 9.36 Å². The first-order valence-electron chi connectivity index (χ1n) is 8.88. The third-order valence-corrected chi connectivity index (χ3v) is 5.72. The van der Waals surface area contributed by atoms with Gasteiger partial charge in [0.1, 0.15) is 0 Å². The molecule has 4 aromatic rings. The largest absolute Gasteiger partial charge is 0.279 e. The molecule has 0 aliphatic rings. The predicted octanol–water partition coefficient (Wildman–Crippen LogP) is 7.67. The lowest BCUT2D eigenvalue weighted by molar-refractivity contribution is 0.0940. The van der Waals surface area contributed by atoms with Crippen molar-refractivity contribution in [2.75, 3.05) is 0 Å². The molecule has 0 saturated heterocycles. The normalized spacial score (nSPS) is 10.8. The molecule has 0 saturated carbocycles. The van der Waals surface area contributed by atoms with Crippen molar-refractivity contribution in [3.63, 3.8) is 0 Å². The summed E-state index contributed by atoms with van der Waals surface area (Å²) in [6.07, 6.45) is 0. The lowest BCUT2D eigenvalue weighted by atomic mass is 10.0. The Morgan fingerprint density at radius 2 is 1.25 bits per heavy atom. The Hall–Kier alpha value is -2.43. The number of hydrogen-bond acceptors (Lipinski definition) is 1. The summed E-state index contributed by atoms with van der Waals surface area (Å²) in [6.45, 7) is 1.61. The molecule has 0 amide bonds. The fourth-order valence-electron chi connectivity index (χ4n) is 3.40. The van der Waals surface area contributed by atoms with E-state index in [0.29, 0.717) is 0 Å². The van der Waals surface area contributed by atoms with Crippen LogP contribution in [0, 0.1) is 0 Å². The van der Waals surface area contributed by atoms with E-state index < -0.39 is 0 Å². The molecule has 0 spiro atoms. The Balaban J connectivity index is 2.05. The fraction of sp³-hybridized carbons (Fsp3) is 0.0417. The Labute approximate surface area is 181 Å². The van der Waals surface area contributed by atoms with Crippen molar-refractivity contribution in [2.45, 2.75) is 6.92 Å². The molecule has 0 bridgehead atoms. The van der Waals surface area contributed by atoms with Crippen LogP contribution in [0.25, 0.3) is 33.6 Å². The van der Waals surface area contributed by atoms with Crippen molar-refractivity contribution in [3.05, 3.63) is 93.9 Å². The Morgan fingerprint density at radius 3 is 1.79 bits per heavy atom. The van der Waals surface area contributed by atoms with E-state index in [-0.39, 0.29) is 5.91 Å². The van der Waals surface area contributed by atoms with Gasteiger partial charge in [-0.15, -0.1) is 0 Å². The van der Waals surface area contributed by atoms with Gasteiger partial charge in [-0.05, 0) is 47.0 Å². The van der Waals surface area contributed by atoms with E-state index in [1.807, 2.05) is 71.3 Å². The van der Waals surface area contributed by atoms with Crippen LogP contribution in [0.3, 0.4) is 0 Å². The van der Waals surface area contributed by atoms with Gasteiger partial charge >= 0.3 is 0 Å². The average molecular weight is 495 g/mol. The maximum Gasteiger partial charge on any atom is 0.228 e. The highest BCUT2D eigenvalue weighted by Crippen LogP contribution is 2.39. The molecular formula is C24H17Br2NO. The minimum absolute atomic E-state index is 0.0138. The van der Waals surface area contributed by atoms with Crippen LogP contribution in [0.5, 0.6) is 0 Å². The molecule has 1 heterocycles. The van der Waals surface area contributed by atoms with Gasteiger partial charge in [-0.25, -0.2) is 0 Å². The number of benzene rings is 3. The lowest BCUT2D eigenvalue weighted by Gasteiger charge is -2.12. The first kappa shape index (κ1) is 18.9. The average Bonchev–Trinajstić information content (AvgIpc) is 3.11. The fourth-order valence-corrected chi connectivity index (χ4v) is 3.93. The molecule has 0 N–H and O–H groups in total. The Morgan fingerprint density at radius 1 is 0.714 bits per heavy atom. The number of rotatable bonds is 3. The number of carbonyl (C=O) groups excluding carboxylic acids is 1. The molecule has 3 aromatic carbocycles. The van der Waals surface area contributed by atoms with E-state index in [1.54, 1.807) is 6.92 Å². The van der Waals surface area contributed by atoms with Crippen LogP contribution in [0.15, 0.2) is 93.9 Å². The molecule has 2 nitrogen and oxygen atoms in total. The van der Waals surface area contributed by atoms with Crippen LogP contribution in [-0.4, -0.2) is 10.5 Å². The summed E-state index contributed by atoms with van der Waals surface area (Å²) < 4.78 is 3.84. The van der Waals surface area contributed by atoms with Gasteiger partial charge in [-0.2, -0.15) is 0 Å². The molecule has 0 aliphatic carbocycles. The molecule has 1 aromatic heterocycles. The molecule has 4 rings (SSSR count). The summed E-state index contributed by atoms with van der Waals surface area (Å²) in [5.41, 5.74) is 5.91. The van der Waals surface area contributed by atoms with E-state index in [9.17, 15) is 4.79 Å². The quantitative estimate of drug-likeness (QED) is 0.286. The van der Waals surface area contributed by atoms with Gasteiger partial charge < -0.3 is 0 Å². The van der Waals surface area contributed by atoms with Gasteiger partial charge in [0.05, 0.1) is 11.4 Å². The van der Waals surface area contributed by atoms with Crippen LogP contribution in [-0.2, 0) is 0 Å². The van der Waals surface area contributed by atoms with E-state index in [0.717, 1.165) is 42.6 Å². The van der Waals surface area contributed by atoms with E-state index in [4.69, 9.17) is 0 Å². The van der Waals surface area contributed by atoms with Gasteiger partial charge in [-0.1, -0.05) is 86.5 Å². The molecule has 0 radical (unpaired) electrons. The zero-order valence-electron chi connectivity index (χ0n) is 15.2. The summed E-state index contributed by atoms with van der Waals surface area (Å²) in [6, 6.07) is 28.4. The number of halogens is 2. The van der Waals surface area contributed by atoms with Crippen molar-refractivity contribution in [1.82, 2.24) is 4.57 Å². The second-order valence-corrected chi connectivity index (χ2v) is 8.36. The monoisotopic (exact) mass is 493 g/mol. The molecule has 138 valence electrons. The number of nitrogens with zero attached hydrogens (tertiary/aromatic N) is 1. The zero-order valence-corrected chi connectivity index (χ0v) is 18.4. The van der Waals surface area contributed by atoms with Crippen LogP contribution in [0.1, 0.15) is 11.7 Å². The summed E-state index contributed by atoms with van der Waals surface area (Å²) in [5.74, 6) is -0.0138. The van der Waals surface area contributed by atoms with E-state index in [1.165, 1.54) is 0 Å². The Kier molecular flexibility index (Phi) is 5.33. The zero-order chi connectivity index (χ0) is 19.7. The maximum absolute atomic E-state index is 12.7. The summed E-state index contributed by atoms with van der Waals surface area (Å²) in [4.78, 5) is 12.7. The number of aromatic nitrogens is 1. The predicted molar refractivity (Wildman–Crippen MR) is 122 cm³/mol. The molecule has 28 heavy (non-hydrogen) atoms. The van der Waals surface area contributed by atoms with Gasteiger partial charge in [0.25, 0.3) is 0 Å². The molecular weight excluding hydrogens is 478 g/mol. The van der Waals surface area contributed by atoms with Crippen molar-refractivity contribution in [3.8, 4) is 33.6 Å². The molecule has 0 aliphatic heterocycles. The van der Waals surface area contributed by atoms with Crippen LogP contribution >= 0.6 is 31.9 Å².